The number of aliphatic imine (C=N–C) groups is 1. The van der Waals surface area contributed by atoms with Gasteiger partial charge in [-0.3, -0.25) is 4.79 Å². The molecule has 0 saturated carbocycles. The fraction of sp³-hybridized carbons (Fsp3) is 0.111. The number of thioether (sulfide) groups is 1. The summed E-state index contributed by atoms with van der Waals surface area (Å²) in [5.41, 5.74) is 5.07. The Hall–Kier alpha value is -3.35. The number of carbonyl (C=O) groups is 1. The fourth-order valence-corrected chi connectivity index (χ4v) is 5.06. The number of amides is 1. The van der Waals surface area contributed by atoms with Crippen molar-refractivity contribution in [3.63, 3.8) is 0 Å². The summed E-state index contributed by atoms with van der Waals surface area (Å²) < 4.78 is 16.5. The molecule has 4 nitrogen and oxygen atoms in total. The van der Waals surface area contributed by atoms with Crippen LogP contribution in [0.2, 0.25) is 5.02 Å². The monoisotopic (exact) mass is 489 g/mol. The average Bonchev–Trinajstić information content (AvgIpc) is 3.30. The maximum Gasteiger partial charge on any atom is 0.264 e. The van der Waals surface area contributed by atoms with Gasteiger partial charge in [-0.15, -0.1) is 0 Å². The number of halogens is 2. The number of amidine groups is 1. The van der Waals surface area contributed by atoms with Gasteiger partial charge in [-0.1, -0.05) is 54.1 Å². The van der Waals surface area contributed by atoms with Crippen LogP contribution in [-0.2, 0) is 11.3 Å². The first-order chi connectivity index (χ1) is 16.4. The molecule has 0 bridgehead atoms. The van der Waals surface area contributed by atoms with Gasteiger partial charge in [0.1, 0.15) is 5.82 Å². The van der Waals surface area contributed by atoms with Crippen LogP contribution in [0.3, 0.4) is 0 Å². The van der Waals surface area contributed by atoms with Crippen molar-refractivity contribution in [2.45, 2.75) is 20.4 Å². The third kappa shape index (κ3) is 4.15. The van der Waals surface area contributed by atoms with E-state index in [4.69, 9.17) is 11.6 Å². The maximum absolute atomic E-state index is 14.4. The van der Waals surface area contributed by atoms with Gasteiger partial charge in [-0.05, 0) is 61.5 Å². The first-order valence-corrected chi connectivity index (χ1v) is 12.0. The van der Waals surface area contributed by atoms with E-state index in [9.17, 15) is 9.18 Å². The first-order valence-electron chi connectivity index (χ1n) is 10.8. The van der Waals surface area contributed by atoms with Gasteiger partial charge in [-0.2, -0.15) is 0 Å². The summed E-state index contributed by atoms with van der Waals surface area (Å²) in [6, 6.07) is 20.3. The second-order valence-electron chi connectivity index (χ2n) is 8.06. The van der Waals surface area contributed by atoms with Crippen molar-refractivity contribution in [1.29, 1.82) is 0 Å². The van der Waals surface area contributed by atoms with E-state index in [1.54, 1.807) is 12.1 Å². The molecule has 1 fully saturated rings. The molecule has 0 spiro atoms. The van der Waals surface area contributed by atoms with Gasteiger partial charge in [0, 0.05) is 32.7 Å². The Morgan fingerprint density at radius 3 is 2.65 bits per heavy atom. The van der Waals surface area contributed by atoms with Crippen LogP contribution in [-0.4, -0.2) is 15.6 Å². The van der Waals surface area contributed by atoms with Crippen LogP contribution in [0.5, 0.6) is 0 Å². The Morgan fingerprint density at radius 1 is 1.06 bits per heavy atom. The molecule has 34 heavy (non-hydrogen) atoms. The Balaban J connectivity index is 1.54. The number of carbonyl (C=O) groups excluding carboxylic acids is 1. The van der Waals surface area contributed by atoms with E-state index in [-0.39, 0.29) is 11.7 Å². The van der Waals surface area contributed by atoms with Crippen molar-refractivity contribution in [2.24, 2.45) is 4.99 Å². The van der Waals surface area contributed by atoms with Crippen molar-refractivity contribution in [3.05, 3.63) is 105 Å². The number of rotatable bonds is 4. The third-order valence-electron chi connectivity index (χ3n) is 5.95. The van der Waals surface area contributed by atoms with E-state index in [0.717, 1.165) is 27.7 Å². The van der Waals surface area contributed by atoms with Gasteiger partial charge in [0.15, 0.2) is 5.17 Å². The Kier molecular flexibility index (Phi) is 6.02. The lowest BCUT2D eigenvalue weighted by Gasteiger charge is -2.09. The quantitative estimate of drug-likeness (QED) is 0.314. The number of para-hydroxylation sites is 1. The van der Waals surface area contributed by atoms with Crippen LogP contribution in [0.4, 0.5) is 10.1 Å². The summed E-state index contributed by atoms with van der Waals surface area (Å²) in [5, 5.41) is 4.99. The second-order valence-corrected chi connectivity index (χ2v) is 9.50. The molecular formula is C27H21ClFN3OS. The lowest BCUT2D eigenvalue weighted by Crippen LogP contribution is -2.19. The molecule has 5 rings (SSSR count). The van der Waals surface area contributed by atoms with Gasteiger partial charge < -0.3 is 9.88 Å². The van der Waals surface area contributed by atoms with Crippen LogP contribution in [0.15, 0.2) is 76.6 Å². The lowest BCUT2D eigenvalue weighted by molar-refractivity contribution is -0.115. The highest BCUT2D eigenvalue weighted by molar-refractivity contribution is 8.18. The van der Waals surface area contributed by atoms with Crippen LogP contribution in [0.25, 0.3) is 17.0 Å². The van der Waals surface area contributed by atoms with Crippen molar-refractivity contribution in [2.75, 3.05) is 0 Å². The van der Waals surface area contributed by atoms with Gasteiger partial charge in [0.05, 0.1) is 17.1 Å². The second kappa shape index (κ2) is 9.12. The van der Waals surface area contributed by atoms with Crippen molar-refractivity contribution in [3.8, 4) is 0 Å². The minimum atomic E-state index is -0.234. The molecule has 0 unspecified atom stereocenters. The van der Waals surface area contributed by atoms with E-state index in [1.165, 1.54) is 17.8 Å². The number of fused-ring (bicyclic) bond motifs is 1. The molecule has 170 valence electrons. The molecule has 1 aliphatic heterocycles. The number of benzene rings is 3. The minimum Gasteiger partial charge on any atom is -0.340 e. The summed E-state index contributed by atoms with van der Waals surface area (Å²) in [6.07, 6.45) is 1.89. The predicted octanol–water partition coefficient (Wildman–Crippen LogP) is 6.99. The summed E-state index contributed by atoms with van der Waals surface area (Å²) in [4.78, 5) is 17.9. The molecule has 0 radical (unpaired) electrons. The third-order valence-corrected chi connectivity index (χ3v) is 7.27. The van der Waals surface area contributed by atoms with Crippen LogP contribution in [0.1, 0.15) is 22.4 Å². The van der Waals surface area contributed by atoms with Crippen molar-refractivity contribution >= 4 is 57.1 Å². The Morgan fingerprint density at radius 2 is 1.82 bits per heavy atom. The van der Waals surface area contributed by atoms with Crippen LogP contribution in [0, 0.1) is 19.7 Å². The summed E-state index contributed by atoms with van der Waals surface area (Å²) in [7, 11) is 0. The Bertz CT molecular complexity index is 1510. The first kappa shape index (κ1) is 22.4. The van der Waals surface area contributed by atoms with E-state index in [2.05, 4.69) is 14.9 Å². The zero-order valence-electron chi connectivity index (χ0n) is 18.6. The summed E-state index contributed by atoms with van der Waals surface area (Å²) >= 11 is 7.50. The highest BCUT2D eigenvalue weighted by Gasteiger charge is 2.25. The van der Waals surface area contributed by atoms with E-state index in [1.807, 2.05) is 68.5 Å². The van der Waals surface area contributed by atoms with Gasteiger partial charge in [0.2, 0.25) is 0 Å². The van der Waals surface area contributed by atoms with Crippen LogP contribution >= 0.6 is 23.4 Å². The smallest absolute Gasteiger partial charge is 0.264 e. The number of hydrogen-bond donors (Lipinski definition) is 1. The largest absolute Gasteiger partial charge is 0.340 e. The van der Waals surface area contributed by atoms with Gasteiger partial charge >= 0.3 is 0 Å². The normalized spacial score (nSPS) is 16.1. The lowest BCUT2D eigenvalue weighted by atomic mass is 10.1. The highest BCUT2D eigenvalue weighted by atomic mass is 35.5. The average molecular weight is 490 g/mol. The van der Waals surface area contributed by atoms with Crippen molar-refractivity contribution in [1.82, 2.24) is 9.88 Å². The van der Waals surface area contributed by atoms with E-state index >= 15 is 0 Å². The SMILES string of the molecule is Cc1c(Cl)cccc1N=C1NC(=O)/C(=C\c2c(C)n(Cc3ccccc3F)c3ccccc23)S1. The maximum atomic E-state index is 14.4. The molecule has 1 aliphatic rings. The van der Waals surface area contributed by atoms with Gasteiger partial charge in [0.25, 0.3) is 5.91 Å². The molecule has 1 aromatic heterocycles. The topological polar surface area (TPSA) is 46.4 Å². The number of aromatic nitrogens is 1. The number of nitrogens with zero attached hydrogens (tertiary/aromatic N) is 2. The molecule has 3 aromatic carbocycles. The molecule has 0 aliphatic carbocycles. The summed E-state index contributed by atoms with van der Waals surface area (Å²) in [5.74, 6) is -0.434. The molecule has 1 amide bonds. The highest BCUT2D eigenvalue weighted by Crippen LogP contribution is 2.34. The van der Waals surface area contributed by atoms with E-state index in [0.29, 0.717) is 32.9 Å². The van der Waals surface area contributed by atoms with Crippen molar-refractivity contribution < 1.29 is 9.18 Å². The molecule has 0 atom stereocenters. The zero-order chi connectivity index (χ0) is 23.8. The molecule has 7 heteroatoms. The predicted molar refractivity (Wildman–Crippen MR) is 139 cm³/mol. The number of nitrogens with one attached hydrogen (secondary N) is 1. The Labute approximate surface area is 206 Å². The molecule has 4 aromatic rings. The fourth-order valence-electron chi connectivity index (χ4n) is 4.08. The standard InChI is InChI=1S/C27H21ClFN3OS/c1-16-21(28)10-7-12-23(16)30-27-31-26(33)25(34-27)14-20-17(2)32(24-13-6-4-9-19(20)24)15-18-8-3-5-11-22(18)29/h3-14H,15H2,1-2H3,(H,30,31,33)/b25-14+. The van der Waals surface area contributed by atoms with E-state index < -0.39 is 0 Å². The zero-order valence-corrected chi connectivity index (χ0v) is 20.2. The molecular weight excluding hydrogens is 469 g/mol. The summed E-state index contributed by atoms with van der Waals surface area (Å²) in [6.45, 7) is 4.30. The molecule has 2 heterocycles. The van der Waals surface area contributed by atoms with Crippen LogP contribution < -0.4 is 5.32 Å². The molecule has 1 saturated heterocycles. The number of hydrogen-bond acceptors (Lipinski definition) is 3. The minimum absolute atomic E-state index is 0.200. The molecule has 1 N–H and O–H groups in total. The van der Waals surface area contributed by atoms with Gasteiger partial charge in [-0.25, -0.2) is 9.38 Å².